The molecule has 8 heavy (non-hydrogen) atoms. The molecule has 0 bridgehead atoms. The zero-order valence-electron chi connectivity index (χ0n) is 4.41. The van der Waals surface area contributed by atoms with Gasteiger partial charge in [0.2, 0.25) is 0 Å². The van der Waals surface area contributed by atoms with E-state index in [9.17, 15) is 4.79 Å². The van der Waals surface area contributed by atoms with Crippen molar-refractivity contribution in [3.8, 4) is 0 Å². The molecule has 0 saturated carbocycles. The van der Waals surface area contributed by atoms with E-state index < -0.39 is 6.23 Å². The largest absolute Gasteiger partial charge is 0.449 e. The molecule has 0 aliphatic rings. The standard InChI is InChI=1S/C4H9NO2S/c5-4(1-2-8)7-3-6/h3-4,8H,1-2,5H2. The number of carbonyl (C=O) groups is 1. The highest BCUT2D eigenvalue weighted by molar-refractivity contribution is 7.80. The Morgan fingerprint density at radius 2 is 2.50 bits per heavy atom. The molecule has 0 heterocycles. The summed E-state index contributed by atoms with van der Waals surface area (Å²) in [6, 6.07) is 0. The van der Waals surface area contributed by atoms with Gasteiger partial charge >= 0.3 is 0 Å². The fourth-order valence-corrected chi connectivity index (χ4v) is 0.521. The molecule has 2 N–H and O–H groups in total. The van der Waals surface area contributed by atoms with Crippen molar-refractivity contribution in [1.29, 1.82) is 0 Å². The maximum Gasteiger partial charge on any atom is 0.294 e. The average Bonchev–Trinajstić information content (AvgIpc) is 1.68. The van der Waals surface area contributed by atoms with E-state index in [2.05, 4.69) is 17.4 Å². The van der Waals surface area contributed by atoms with Gasteiger partial charge in [-0.05, 0) is 5.75 Å². The Balaban J connectivity index is 3.03. The number of hydrogen-bond acceptors (Lipinski definition) is 4. The Labute approximate surface area is 53.6 Å². The second-order valence-electron chi connectivity index (χ2n) is 1.28. The molecule has 0 aliphatic carbocycles. The molecule has 3 nitrogen and oxygen atoms in total. The van der Waals surface area contributed by atoms with E-state index in [1.54, 1.807) is 0 Å². The summed E-state index contributed by atoms with van der Waals surface area (Å²) >= 11 is 3.88. The fraction of sp³-hybridized carbons (Fsp3) is 0.750. The van der Waals surface area contributed by atoms with Crippen LogP contribution in [0, 0.1) is 0 Å². The third-order valence-corrected chi connectivity index (χ3v) is 0.902. The van der Waals surface area contributed by atoms with Gasteiger partial charge in [0.15, 0.2) is 6.23 Å². The van der Waals surface area contributed by atoms with Crippen molar-refractivity contribution in [2.24, 2.45) is 5.73 Å². The van der Waals surface area contributed by atoms with Crippen LogP contribution >= 0.6 is 12.6 Å². The van der Waals surface area contributed by atoms with Gasteiger partial charge in [-0.2, -0.15) is 12.6 Å². The summed E-state index contributed by atoms with van der Waals surface area (Å²) in [5.41, 5.74) is 5.19. The summed E-state index contributed by atoms with van der Waals surface area (Å²) in [7, 11) is 0. The van der Waals surface area contributed by atoms with Crippen LogP contribution in [0.2, 0.25) is 0 Å². The van der Waals surface area contributed by atoms with Crippen molar-refractivity contribution in [2.45, 2.75) is 12.6 Å². The maximum atomic E-state index is 9.56. The van der Waals surface area contributed by atoms with E-state index in [0.717, 1.165) is 0 Å². The van der Waals surface area contributed by atoms with Gasteiger partial charge in [-0.1, -0.05) is 0 Å². The number of carbonyl (C=O) groups excluding carboxylic acids is 1. The minimum atomic E-state index is -0.481. The number of hydrogen-bond donors (Lipinski definition) is 2. The molecule has 1 atom stereocenters. The van der Waals surface area contributed by atoms with Crippen LogP contribution in [0.3, 0.4) is 0 Å². The summed E-state index contributed by atoms with van der Waals surface area (Å²) in [4.78, 5) is 9.56. The lowest BCUT2D eigenvalue weighted by atomic mass is 10.4. The second-order valence-corrected chi connectivity index (χ2v) is 1.73. The SMILES string of the molecule is NC(CCS)OC=O. The van der Waals surface area contributed by atoms with Crippen LogP contribution in [0.1, 0.15) is 6.42 Å². The summed E-state index contributed by atoms with van der Waals surface area (Å²) in [5.74, 6) is 0.634. The summed E-state index contributed by atoms with van der Waals surface area (Å²) < 4.78 is 4.33. The smallest absolute Gasteiger partial charge is 0.294 e. The molecule has 0 rings (SSSR count). The van der Waals surface area contributed by atoms with Crippen molar-refractivity contribution in [3.05, 3.63) is 0 Å². The predicted molar refractivity (Wildman–Crippen MR) is 33.6 cm³/mol. The molecule has 0 aliphatic heterocycles. The molecule has 1 unspecified atom stereocenters. The van der Waals surface area contributed by atoms with Crippen molar-refractivity contribution in [1.82, 2.24) is 0 Å². The first kappa shape index (κ1) is 7.78. The molecule has 0 radical (unpaired) electrons. The minimum absolute atomic E-state index is 0.341. The Kier molecular flexibility index (Phi) is 4.79. The van der Waals surface area contributed by atoms with E-state index in [-0.39, 0.29) is 0 Å². The third kappa shape index (κ3) is 3.95. The van der Waals surface area contributed by atoms with Crippen LogP contribution in [0.25, 0.3) is 0 Å². The Bertz CT molecular complexity index is 69.1. The van der Waals surface area contributed by atoms with Gasteiger partial charge in [-0.15, -0.1) is 0 Å². The maximum absolute atomic E-state index is 9.56. The van der Waals surface area contributed by atoms with Gasteiger partial charge in [-0.25, -0.2) is 0 Å². The van der Waals surface area contributed by atoms with Gasteiger partial charge < -0.3 is 4.74 Å². The summed E-state index contributed by atoms with van der Waals surface area (Å²) in [6.07, 6.45) is 0.118. The number of rotatable bonds is 4. The molecule has 0 aromatic carbocycles. The van der Waals surface area contributed by atoms with Crippen molar-refractivity contribution in [3.63, 3.8) is 0 Å². The van der Waals surface area contributed by atoms with E-state index >= 15 is 0 Å². The monoisotopic (exact) mass is 135 g/mol. The molecule has 0 amide bonds. The number of nitrogens with two attached hydrogens (primary N) is 1. The topological polar surface area (TPSA) is 52.3 Å². The first-order chi connectivity index (χ1) is 3.81. The molecule has 4 heteroatoms. The van der Waals surface area contributed by atoms with Gasteiger partial charge in [0.1, 0.15) is 0 Å². The molecule has 48 valence electrons. The van der Waals surface area contributed by atoms with Crippen LogP contribution in [0.4, 0.5) is 0 Å². The highest BCUT2D eigenvalue weighted by Gasteiger charge is 1.96. The van der Waals surface area contributed by atoms with Gasteiger partial charge in [0.05, 0.1) is 0 Å². The quantitative estimate of drug-likeness (QED) is 0.318. The Hall–Kier alpha value is -0.220. The van der Waals surface area contributed by atoms with Gasteiger partial charge in [0.25, 0.3) is 6.47 Å². The van der Waals surface area contributed by atoms with Crippen LogP contribution < -0.4 is 5.73 Å². The zero-order valence-corrected chi connectivity index (χ0v) is 5.30. The average molecular weight is 135 g/mol. The molecule has 0 fully saturated rings. The van der Waals surface area contributed by atoms with Crippen molar-refractivity contribution < 1.29 is 9.53 Å². The summed E-state index contributed by atoms with van der Waals surface area (Å²) in [5, 5.41) is 0. The number of thiol groups is 1. The second kappa shape index (κ2) is 4.93. The molecule has 0 spiro atoms. The van der Waals surface area contributed by atoms with Crippen LogP contribution in [0.5, 0.6) is 0 Å². The summed E-state index contributed by atoms with van der Waals surface area (Å²) in [6.45, 7) is 0.341. The van der Waals surface area contributed by atoms with Gasteiger partial charge in [0, 0.05) is 6.42 Å². The van der Waals surface area contributed by atoms with Crippen molar-refractivity contribution >= 4 is 19.1 Å². The molecule has 0 saturated heterocycles. The highest BCUT2D eigenvalue weighted by Crippen LogP contribution is 1.89. The normalized spacial score (nSPS) is 12.8. The molecule has 0 aromatic rings. The van der Waals surface area contributed by atoms with Crippen molar-refractivity contribution in [2.75, 3.05) is 5.75 Å². The van der Waals surface area contributed by atoms with Crippen LogP contribution in [0.15, 0.2) is 0 Å². The number of ether oxygens (including phenoxy) is 1. The molecule has 0 aromatic heterocycles. The van der Waals surface area contributed by atoms with Gasteiger partial charge in [-0.3, -0.25) is 10.5 Å². The molecular formula is C4H9NO2S. The molecular weight excluding hydrogens is 126 g/mol. The van der Waals surface area contributed by atoms with E-state index in [1.165, 1.54) is 0 Å². The fourth-order valence-electron chi connectivity index (χ4n) is 0.267. The zero-order chi connectivity index (χ0) is 6.41. The van der Waals surface area contributed by atoms with E-state index in [1.807, 2.05) is 0 Å². The first-order valence-corrected chi connectivity index (χ1v) is 2.90. The first-order valence-electron chi connectivity index (χ1n) is 2.26. The third-order valence-electron chi connectivity index (χ3n) is 0.644. The highest BCUT2D eigenvalue weighted by atomic mass is 32.1. The lowest BCUT2D eigenvalue weighted by Crippen LogP contribution is -2.23. The van der Waals surface area contributed by atoms with Crippen LogP contribution in [-0.2, 0) is 9.53 Å². The Morgan fingerprint density at radius 1 is 1.88 bits per heavy atom. The lowest BCUT2D eigenvalue weighted by Gasteiger charge is -2.04. The Morgan fingerprint density at radius 3 is 2.88 bits per heavy atom. The van der Waals surface area contributed by atoms with E-state index in [4.69, 9.17) is 5.73 Å². The van der Waals surface area contributed by atoms with E-state index in [0.29, 0.717) is 18.6 Å². The predicted octanol–water partition coefficient (Wildman–Crippen LogP) is -0.236. The van der Waals surface area contributed by atoms with Crippen LogP contribution in [-0.4, -0.2) is 18.5 Å². The minimum Gasteiger partial charge on any atom is -0.449 e. The lowest BCUT2D eigenvalue weighted by molar-refractivity contribution is -0.133.